The van der Waals surface area contributed by atoms with Crippen molar-refractivity contribution in [3.63, 3.8) is 0 Å². The Morgan fingerprint density at radius 1 is 1.42 bits per heavy atom. The molecule has 1 atom stereocenters. The van der Waals surface area contributed by atoms with Gasteiger partial charge in [0, 0.05) is 11.0 Å². The molecular formula is C15H20BrNO2. The summed E-state index contributed by atoms with van der Waals surface area (Å²) >= 11 is 3.42. The Bertz CT molecular complexity index is 446. The van der Waals surface area contributed by atoms with Gasteiger partial charge in [0.25, 0.3) is 0 Å². The minimum atomic E-state index is -0.663. The molecule has 1 aliphatic rings. The fraction of sp³-hybridized carbons (Fsp3) is 0.533. The van der Waals surface area contributed by atoms with E-state index in [0.29, 0.717) is 0 Å². The van der Waals surface area contributed by atoms with E-state index in [1.54, 1.807) is 0 Å². The number of aliphatic carboxylic acids is 1. The molecule has 1 fully saturated rings. The Morgan fingerprint density at radius 2 is 2.11 bits per heavy atom. The van der Waals surface area contributed by atoms with Gasteiger partial charge in [-0.3, -0.25) is 9.69 Å². The fourth-order valence-corrected chi connectivity index (χ4v) is 3.29. The van der Waals surface area contributed by atoms with Crippen LogP contribution >= 0.6 is 15.9 Å². The summed E-state index contributed by atoms with van der Waals surface area (Å²) in [6, 6.07) is 8.13. The van der Waals surface area contributed by atoms with Crippen LogP contribution in [0.5, 0.6) is 0 Å². The summed E-state index contributed by atoms with van der Waals surface area (Å²) in [7, 11) is 0. The summed E-state index contributed by atoms with van der Waals surface area (Å²) in [4.78, 5) is 13.9. The van der Waals surface area contributed by atoms with Crippen LogP contribution in [0.25, 0.3) is 0 Å². The van der Waals surface area contributed by atoms with Gasteiger partial charge in [0.2, 0.25) is 0 Å². The molecule has 0 saturated carbocycles. The Hall–Kier alpha value is -0.870. The molecule has 4 heteroatoms. The van der Waals surface area contributed by atoms with Crippen LogP contribution in [-0.4, -0.2) is 28.1 Å². The Morgan fingerprint density at radius 3 is 2.68 bits per heavy atom. The van der Waals surface area contributed by atoms with Gasteiger partial charge in [-0.15, -0.1) is 0 Å². The molecule has 1 N–H and O–H groups in total. The molecule has 0 amide bonds. The highest BCUT2D eigenvalue weighted by atomic mass is 79.9. The molecule has 0 spiro atoms. The topological polar surface area (TPSA) is 40.5 Å². The molecule has 1 heterocycles. The first-order valence-corrected chi connectivity index (χ1v) is 7.60. The highest BCUT2D eigenvalue weighted by Crippen LogP contribution is 2.35. The van der Waals surface area contributed by atoms with Crippen molar-refractivity contribution in [3.8, 4) is 0 Å². The number of rotatable bonds is 5. The molecule has 19 heavy (non-hydrogen) atoms. The molecule has 0 radical (unpaired) electrons. The Labute approximate surface area is 122 Å². The van der Waals surface area contributed by atoms with Gasteiger partial charge in [-0.25, -0.2) is 0 Å². The average Bonchev–Trinajstić information content (AvgIpc) is 2.77. The van der Waals surface area contributed by atoms with Gasteiger partial charge < -0.3 is 5.11 Å². The number of nitrogens with zero attached hydrogens (tertiary/aromatic N) is 1. The molecule has 0 aromatic heterocycles. The number of benzene rings is 1. The van der Waals surface area contributed by atoms with Gasteiger partial charge in [-0.1, -0.05) is 41.4 Å². The maximum atomic E-state index is 11.7. The molecule has 1 aromatic rings. The third-order valence-corrected chi connectivity index (χ3v) is 4.50. The minimum Gasteiger partial charge on any atom is -0.480 e. The van der Waals surface area contributed by atoms with Crippen LogP contribution in [0.2, 0.25) is 0 Å². The van der Waals surface area contributed by atoms with E-state index in [9.17, 15) is 9.90 Å². The highest BCUT2D eigenvalue weighted by molar-refractivity contribution is 9.10. The van der Waals surface area contributed by atoms with E-state index in [0.717, 1.165) is 43.2 Å². The second-order valence-electron chi connectivity index (χ2n) is 5.24. The fourth-order valence-electron chi connectivity index (χ4n) is 3.02. The first-order chi connectivity index (χ1) is 9.08. The second-order valence-corrected chi connectivity index (χ2v) is 6.15. The summed E-state index contributed by atoms with van der Waals surface area (Å²) in [5, 5.41) is 9.64. The number of likely N-dealkylation sites (tertiary alicyclic amines) is 1. The van der Waals surface area contributed by atoms with Gasteiger partial charge in [-0.2, -0.15) is 0 Å². The Kier molecular flexibility index (Phi) is 4.63. The number of hydrogen-bond donors (Lipinski definition) is 1. The van der Waals surface area contributed by atoms with Crippen molar-refractivity contribution in [2.45, 2.75) is 44.7 Å². The molecule has 1 unspecified atom stereocenters. The van der Waals surface area contributed by atoms with Gasteiger partial charge in [0.05, 0.1) is 0 Å². The number of carboxylic acid groups (broad SMARTS) is 1. The Balaban J connectivity index is 2.17. The van der Waals surface area contributed by atoms with E-state index in [4.69, 9.17) is 0 Å². The lowest BCUT2D eigenvalue weighted by atomic mass is 9.90. The maximum absolute atomic E-state index is 11.7. The van der Waals surface area contributed by atoms with Crippen LogP contribution in [0.3, 0.4) is 0 Å². The van der Waals surface area contributed by atoms with Crippen LogP contribution < -0.4 is 0 Å². The van der Waals surface area contributed by atoms with Crippen molar-refractivity contribution in [1.82, 2.24) is 4.90 Å². The van der Waals surface area contributed by atoms with Crippen molar-refractivity contribution in [2.75, 3.05) is 6.54 Å². The van der Waals surface area contributed by atoms with E-state index in [1.807, 2.05) is 12.1 Å². The summed E-state index contributed by atoms with van der Waals surface area (Å²) < 4.78 is 1.05. The molecule has 0 aliphatic carbocycles. The number of carboxylic acids is 1. The van der Waals surface area contributed by atoms with Crippen LogP contribution in [0.4, 0.5) is 0 Å². The normalized spacial score (nSPS) is 23.7. The van der Waals surface area contributed by atoms with Gasteiger partial charge in [0.15, 0.2) is 0 Å². The molecule has 1 aliphatic heterocycles. The van der Waals surface area contributed by atoms with Crippen LogP contribution in [-0.2, 0) is 11.3 Å². The number of carbonyl (C=O) groups is 1. The summed E-state index contributed by atoms with van der Waals surface area (Å²) in [5.41, 5.74) is 0.522. The number of halogens is 1. The zero-order chi connectivity index (χ0) is 13.9. The third kappa shape index (κ3) is 3.00. The summed E-state index contributed by atoms with van der Waals surface area (Å²) in [5.74, 6) is -0.663. The van der Waals surface area contributed by atoms with Gasteiger partial charge >= 0.3 is 5.97 Å². The standard InChI is InChI=1S/C15H20BrNO2/c1-2-8-15(14(18)19)9-3-10-17(15)11-12-4-6-13(16)7-5-12/h4-7H,2-3,8-11H2,1H3,(H,18,19). The van der Waals surface area contributed by atoms with Crippen LogP contribution in [0.1, 0.15) is 38.2 Å². The van der Waals surface area contributed by atoms with E-state index in [-0.39, 0.29) is 0 Å². The van der Waals surface area contributed by atoms with Crippen molar-refractivity contribution in [1.29, 1.82) is 0 Å². The first-order valence-electron chi connectivity index (χ1n) is 6.81. The first kappa shape index (κ1) is 14.5. The second kappa shape index (κ2) is 6.06. The summed E-state index contributed by atoms with van der Waals surface area (Å²) in [6.45, 7) is 3.66. The quantitative estimate of drug-likeness (QED) is 0.897. The van der Waals surface area contributed by atoms with Crippen LogP contribution in [0.15, 0.2) is 28.7 Å². The lowest BCUT2D eigenvalue weighted by molar-refractivity contribution is -0.150. The maximum Gasteiger partial charge on any atom is 0.324 e. The molecule has 1 aromatic carbocycles. The largest absolute Gasteiger partial charge is 0.480 e. The predicted octanol–water partition coefficient (Wildman–Crippen LogP) is 3.67. The lowest BCUT2D eigenvalue weighted by Gasteiger charge is -2.34. The van der Waals surface area contributed by atoms with E-state index >= 15 is 0 Å². The molecule has 3 nitrogen and oxygen atoms in total. The predicted molar refractivity (Wildman–Crippen MR) is 79.1 cm³/mol. The third-order valence-electron chi connectivity index (χ3n) is 3.97. The van der Waals surface area contributed by atoms with Crippen LogP contribution in [0, 0.1) is 0 Å². The molecule has 2 rings (SSSR count). The summed E-state index contributed by atoms with van der Waals surface area (Å²) in [6.07, 6.45) is 3.39. The SMILES string of the molecule is CCCC1(C(=O)O)CCCN1Cc1ccc(Br)cc1. The van der Waals surface area contributed by atoms with Crippen molar-refractivity contribution >= 4 is 21.9 Å². The van der Waals surface area contributed by atoms with E-state index in [2.05, 4.69) is 39.9 Å². The highest BCUT2D eigenvalue weighted by Gasteiger charge is 2.46. The molecule has 0 bridgehead atoms. The number of hydrogen-bond acceptors (Lipinski definition) is 2. The molecule has 1 saturated heterocycles. The lowest BCUT2D eigenvalue weighted by Crippen LogP contribution is -2.49. The van der Waals surface area contributed by atoms with Crippen molar-refractivity contribution < 1.29 is 9.90 Å². The average molecular weight is 326 g/mol. The van der Waals surface area contributed by atoms with E-state index in [1.165, 1.54) is 5.56 Å². The zero-order valence-corrected chi connectivity index (χ0v) is 12.8. The molecular weight excluding hydrogens is 306 g/mol. The zero-order valence-electron chi connectivity index (χ0n) is 11.2. The van der Waals surface area contributed by atoms with Gasteiger partial charge in [0.1, 0.15) is 5.54 Å². The molecule has 104 valence electrons. The van der Waals surface area contributed by atoms with Gasteiger partial charge in [-0.05, 0) is 43.5 Å². The smallest absolute Gasteiger partial charge is 0.324 e. The minimum absolute atomic E-state index is 0.651. The monoisotopic (exact) mass is 325 g/mol. The van der Waals surface area contributed by atoms with E-state index < -0.39 is 11.5 Å². The van der Waals surface area contributed by atoms with Crippen molar-refractivity contribution in [3.05, 3.63) is 34.3 Å². The van der Waals surface area contributed by atoms with Crippen molar-refractivity contribution in [2.24, 2.45) is 0 Å².